The SMILES string of the molecule is Cc1cc(C(=O)N2CCC(CC(=O)O)C2)c(C)nn1. The molecule has 1 aromatic heterocycles. The summed E-state index contributed by atoms with van der Waals surface area (Å²) in [6, 6.07) is 1.73. The van der Waals surface area contributed by atoms with E-state index >= 15 is 0 Å². The van der Waals surface area contributed by atoms with E-state index in [1.54, 1.807) is 24.8 Å². The van der Waals surface area contributed by atoms with Gasteiger partial charge >= 0.3 is 5.97 Å². The molecule has 1 fully saturated rings. The van der Waals surface area contributed by atoms with Gasteiger partial charge in [0.2, 0.25) is 0 Å². The third-order valence-electron chi connectivity index (χ3n) is 3.37. The number of hydrogen-bond donors (Lipinski definition) is 1. The van der Waals surface area contributed by atoms with Crippen molar-refractivity contribution in [2.24, 2.45) is 5.92 Å². The van der Waals surface area contributed by atoms with E-state index in [1.165, 1.54) is 0 Å². The first-order chi connectivity index (χ1) is 8.97. The fraction of sp³-hybridized carbons (Fsp3) is 0.538. The zero-order chi connectivity index (χ0) is 14.0. The van der Waals surface area contributed by atoms with Crippen molar-refractivity contribution < 1.29 is 14.7 Å². The fourth-order valence-corrected chi connectivity index (χ4v) is 2.37. The number of carboxylic acid groups (broad SMARTS) is 1. The first-order valence-electron chi connectivity index (χ1n) is 6.29. The minimum atomic E-state index is -0.808. The third-order valence-corrected chi connectivity index (χ3v) is 3.37. The van der Waals surface area contributed by atoms with Gasteiger partial charge in [0.15, 0.2) is 0 Å². The summed E-state index contributed by atoms with van der Waals surface area (Å²) >= 11 is 0. The Balaban J connectivity index is 2.09. The molecule has 1 unspecified atom stereocenters. The maximum Gasteiger partial charge on any atom is 0.303 e. The van der Waals surface area contributed by atoms with E-state index in [4.69, 9.17) is 5.11 Å². The number of carbonyl (C=O) groups excluding carboxylic acids is 1. The van der Waals surface area contributed by atoms with Gasteiger partial charge in [-0.3, -0.25) is 9.59 Å². The van der Waals surface area contributed by atoms with E-state index in [9.17, 15) is 9.59 Å². The largest absolute Gasteiger partial charge is 0.481 e. The van der Waals surface area contributed by atoms with Crippen LogP contribution in [-0.2, 0) is 4.79 Å². The van der Waals surface area contributed by atoms with E-state index in [0.717, 1.165) is 6.42 Å². The van der Waals surface area contributed by atoms with E-state index in [2.05, 4.69) is 10.2 Å². The minimum absolute atomic E-state index is 0.0534. The Kier molecular flexibility index (Phi) is 3.78. The van der Waals surface area contributed by atoms with Crippen molar-refractivity contribution in [1.82, 2.24) is 15.1 Å². The molecule has 1 atom stereocenters. The summed E-state index contributed by atoms with van der Waals surface area (Å²) in [5.74, 6) is -0.835. The first-order valence-corrected chi connectivity index (χ1v) is 6.29. The number of carbonyl (C=O) groups is 2. The molecule has 102 valence electrons. The number of carboxylic acids is 1. The lowest BCUT2D eigenvalue weighted by Crippen LogP contribution is -2.30. The smallest absolute Gasteiger partial charge is 0.303 e. The van der Waals surface area contributed by atoms with Crippen LogP contribution in [0.5, 0.6) is 0 Å². The van der Waals surface area contributed by atoms with E-state index < -0.39 is 5.97 Å². The van der Waals surface area contributed by atoms with Crippen molar-refractivity contribution in [1.29, 1.82) is 0 Å². The van der Waals surface area contributed by atoms with Crippen LogP contribution in [0.4, 0.5) is 0 Å². The number of amides is 1. The summed E-state index contributed by atoms with van der Waals surface area (Å²) in [6.07, 6.45) is 0.866. The summed E-state index contributed by atoms with van der Waals surface area (Å²) in [5.41, 5.74) is 1.87. The first kappa shape index (κ1) is 13.5. The van der Waals surface area contributed by atoms with Crippen LogP contribution in [0.25, 0.3) is 0 Å². The van der Waals surface area contributed by atoms with Crippen LogP contribution in [0.2, 0.25) is 0 Å². The summed E-state index contributed by atoms with van der Waals surface area (Å²) < 4.78 is 0. The highest BCUT2D eigenvalue weighted by molar-refractivity contribution is 5.95. The highest BCUT2D eigenvalue weighted by Gasteiger charge is 2.29. The standard InChI is InChI=1S/C13H17N3O3/c1-8-5-11(9(2)15-14-8)13(19)16-4-3-10(7-16)6-12(17)18/h5,10H,3-4,6-7H2,1-2H3,(H,17,18). The Bertz CT molecular complexity index is 516. The number of aryl methyl sites for hydroxylation is 2. The Morgan fingerprint density at radius 3 is 2.84 bits per heavy atom. The van der Waals surface area contributed by atoms with Crippen LogP contribution in [0.15, 0.2) is 6.07 Å². The predicted octanol–water partition coefficient (Wildman–Crippen LogP) is 1.03. The Hall–Kier alpha value is -1.98. The summed E-state index contributed by atoms with van der Waals surface area (Å²) in [7, 11) is 0. The molecule has 0 bridgehead atoms. The number of hydrogen-bond acceptors (Lipinski definition) is 4. The molecule has 1 aromatic rings. The minimum Gasteiger partial charge on any atom is -0.481 e. The second-order valence-electron chi connectivity index (χ2n) is 4.99. The van der Waals surface area contributed by atoms with Gasteiger partial charge in [-0.25, -0.2) is 0 Å². The van der Waals surface area contributed by atoms with Gasteiger partial charge < -0.3 is 10.0 Å². The Morgan fingerprint density at radius 2 is 2.16 bits per heavy atom. The van der Waals surface area contributed by atoms with Crippen molar-refractivity contribution in [3.8, 4) is 0 Å². The summed E-state index contributed by atoms with van der Waals surface area (Å²) in [5, 5.41) is 16.6. The average molecular weight is 263 g/mol. The lowest BCUT2D eigenvalue weighted by molar-refractivity contribution is -0.138. The Morgan fingerprint density at radius 1 is 1.42 bits per heavy atom. The van der Waals surface area contributed by atoms with Gasteiger partial charge in [0, 0.05) is 19.5 Å². The molecule has 1 aliphatic heterocycles. The van der Waals surface area contributed by atoms with Gasteiger partial charge in [0.05, 0.1) is 17.0 Å². The van der Waals surface area contributed by atoms with E-state index in [-0.39, 0.29) is 18.2 Å². The molecule has 0 radical (unpaired) electrons. The maximum absolute atomic E-state index is 12.4. The predicted molar refractivity (Wildman–Crippen MR) is 67.8 cm³/mol. The van der Waals surface area contributed by atoms with Gasteiger partial charge in [0.25, 0.3) is 5.91 Å². The normalized spacial score (nSPS) is 18.6. The number of rotatable bonds is 3. The molecule has 1 N–H and O–H groups in total. The van der Waals surface area contributed by atoms with Gasteiger partial charge in [-0.15, -0.1) is 0 Å². The average Bonchev–Trinajstić information content (AvgIpc) is 2.79. The molecule has 0 aliphatic carbocycles. The van der Waals surface area contributed by atoms with Gasteiger partial charge in [-0.05, 0) is 32.3 Å². The van der Waals surface area contributed by atoms with Gasteiger partial charge in [-0.2, -0.15) is 10.2 Å². The molecular weight excluding hydrogens is 246 g/mol. The van der Waals surface area contributed by atoms with Gasteiger partial charge in [-0.1, -0.05) is 0 Å². The van der Waals surface area contributed by atoms with Crippen molar-refractivity contribution in [2.75, 3.05) is 13.1 Å². The lowest BCUT2D eigenvalue weighted by atomic mass is 10.1. The van der Waals surface area contributed by atoms with Crippen molar-refractivity contribution in [3.63, 3.8) is 0 Å². The van der Waals surface area contributed by atoms with Crippen molar-refractivity contribution in [3.05, 3.63) is 23.0 Å². The fourth-order valence-electron chi connectivity index (χ4n) is 2.37. The monoisotopic (exact) mass is 263 g/mol. The highest BCUT2D eigenvalue weighted by atomic mass is 16.4. The Labute approximate surface area is 111 Å². The van der Waals surface area contributed by atoms with Crippen LogP contribution in [0, 0.1) is 19.8 Å². The van der Waals surface area contributed by atoms with E-state index in [0.29, 0.717) is 30.0 Å². The van der Waals surface area contributed by atoms with Crippen molar-refractivity contribution in [2.45, 2.75) is 26.7 Å². The zero-order valence-corrected chi connectivity index (χ0v) is 11.1. The van der Waals surface area contributed by atoms with Crippen LogP contribution in [-0.4, -0.2) is 45.2 Å². The molecule has 19 heavy (non-hydrogen) atoms. The van der Waals surface area contributed by atoms with Crippen LogP contribution >= 0.6 is 0 Å². The topological polar surface area (TPSA) is 83.4 Å². The second kappa shape index (κ2) is 5.34. The van der Waals surface area contributed by atoms with Crippen LogP contribution in [0.1, 0.15) is 34.6 Å². The highest BCUT2D eigenvalue weighted by Crippen LogP contribution is 2.22. The molecule has 2 heterocycles. The quantitative estimate of drug-likeness (QED) is 0.880. The molecule has 1 aliphatic rings. The molecule has 0 spiro atoms. The van der Waals surface area contributed by atoms with E-state index in [1.807, 2.05) is 0 Å². The number of aromatic nitrogens is 2. The summed E-state index contributed by atoms with van der Waals surface area (Å²) in [6.45, 7) is 4.66. The summed E-state index contributed by atoms with van der Waals surface area (Å²) in [4.78, 5) is 24.7. The number of aliphatic carboxylic acids is 1. The van der Waals surface area contributed by atoms with Crippen LogP contribution < -0.4 is 0 Å². The number of likely N-dealkylation sites (tertiary alicyclic amines) is 1. The molecule has 2 rings (SSSR count). The third kappa shape index (κ3) is 3.07. The second-order valence-corrected chi connectivity index (χ2v) is 4.99. The molecule has 0 aromatic carbocycles. The zero-order valence-electron chi connectivity index (χ0n) is 11.1. The molecule has 1 amide bonds. The number of nitrogens with zero attached hydrogens (tertiary/aromatic N) is 3. The van der Waals surface area contributed by atoms with Gasteiger partial charge in [0.1, 0.15) is 0 Å². The lowest BCUT2D eigenvalue weighted by Gasteiger charge is -2.17. The molecule has 1 saturated heterocycles. The van der Waals surface area contributed by atoms with Crippen molar-refractivity contribution >= 4 is 11.9 Å². The maximum atomic E-state index is 12.4. The molecular formula is C13H17N3O3. The molecule has 6 heteroatoms. The molecule has 6 nitrogen and oxygen atoms in total. The molecule has 0 saturated carbocycles. The van der Waals surface area contributed by atoms with Crippen LogP contribution in [0.3, 0.4) is 0 Å².